The third-order valence-corrected chi connectivity index (χ3v) is 5.86. The van der Waals surface area contributed by atoms with E-state index in [-0.39, 0.29) is 11.8 Å². The Morgan fingerprint density at radius 3 is 2.90 bits per heavy atom. The predicted octanol–water partition coefficient (Wildman–Crippen LogP) is 2.34. The van der Waals surface area contributed by atoms with Crippen LogP contribution in [0.2, 0.25) is 0 Å². The number of fused-ring (bicyclic) bond motifs is 1. The molecule has 0 spiro atoms. The quantitative estimate of drug-likeness (QED) is 0.578. The zero-order valence-electron chi connectivity index (χ0n) is 17.0. The number of aryl methyl sites for hydroxylation is 1. The lowest BCUT2D eigenvalue weighted by atomic mass is 10.0. The van der Waals surface area contributed by atoms with Gasteiger partial charge in [0.2, 0.25) is 0 Å². The van der Waals surface area contributed by atoms with Crippen molar-refractivity contribution in [3.63, 3.8) is 0 Å². The number of carbonyl (C=O) groups is 2. The van der Waals surface area contributed by atoms with Gasteiger partial charge in [0.25, 0.3) is 11.8 Å². The Morgan fingerprint density at radius 1 is 1.37 bits per heavy atom. The number of aromatic nitrogens is 2. The Kier molecular flexibility index (Phi) is 6.03. The number of hydrogen-bond donors (Lipinski definition) is 3. The number of ether oxygens (including phenoxy) is 1. The summed E-state index contributed by atoms with van der Waals surface area (Å²) < 4.78 is 6.14. The number of rotatable bonds is 5. The summed E-state index contributed by atoms with van der Waals surface area (Å²) in [5.41, 5.74) is 4.20. The number of halogens is 1. The summed E-state index contributed by atoms with van der Waals surface area (Å²) in [5.74, 6) is 0.218. The van der Waals surface area contributed by atoms with Crippen LogP contribution in [0, 0.1) is 13.8 Å². The van der Waals surface area contributed by atoms with Gasteiger partial charge in [0, 0.05) is 53.8 Å². The first kappa shape index (κ1) is 20.8. The molecule has 158 valence electrons. The molecule has 2 aromatic heterocycles. The molecule has 2 amide bonds. The highest BCUT2D eigenvalue weighted by atomic mass is 79.9. The average molecular weight is 474 g/mol. The predicted molar refractivity (Wildman–Crippen MR) is 118 cm³/mol. The van der Waals surface area contributed by atoms with Crippen molar-refractivity contribution in [3.05, 3.63) is 44.8 Å². The highest BCUT2D eigenvalue weighted by Gasteiger charge is 2.27. The second-order valence-corrected chi connectivity index (χ2v) is 8.35. The molecule has 2 aromatic rings. The Balaban J connectivity index is 1.51. The Bertz CT molecular complexity index is 1020. The molecule has 4 rings (SSSR count). The number of nitrogens with zero attached hydrogens (tertiary/aromatic N) is 2. The molecule has 0 atom stereocenters. The molecule has 0 unspecified atom stereocenters. The number of pyridine rings is 1. The Morgan fingerprint density at radius 2 is 2.13 bits per heavy atom. The highest BCUT2D eigenvalue weighted by Crippen LogP contribution is 2.34. The molecule has 0 saturated carbocycles. The number of amides is 2. The van der Waals surface area contributed by atoms with Gasteiger partial charge in [-0.3, -0.25) is 14.5 Å². The molecule has 0 bridgehead atoms. The van der Waals surface area contributed by atoms with E-state index >= 15 is 0 Å². The summed E-state index contributed by atoms with van der Waals surface area (Å²) in [4.78, 5) is 35.0. The number of morpholine rings is 1. The number of aromatic amines is 1. The first-order valence-electron chi connectivity index (χ1n) is 9.90. The maximum absolute atomic E-state index is 12.8. The minimum absolute atomic E-state index is 0.111. The lowest BCUT2D eigenvalue weighted by Crippen LogP contribution is -2.41. The van der Waals surface area contributed by atoms with Crippen LogP contribution >= 0.6 is 15.9 Å². The van der Waals surface area contributed by atoms with E-state index in [0.29, 0.717) is 23.5 Å². The third-order valence-electron chi connectivity index (χ3n) is 5.43. The van der Waals surface area contributed by atoms with Gasteiger partial charge in [-0.05, 0) is 47.5 Å². The summed E-state index contributed by atoms with van der Waals surface area (Å²) in [6.45, 7) is 8.40. The van der Waals surface area contributed by atoms with Crippen molar-refractivity contribution in [1.82, 2.24) is 20.2 Å². The van der Waals surface area contributed by atoms with Gasteiger partial charge in [-0.15, -0.1) is 0 Å². The van der Waals surface area contributed by atoms with E-state index in [2.05, 4.69) is 41.4 Å². The van der Waals surface area contributed by atoms with Crippen LogP contribution in [0.1, 0.15) is 32.9 Å². The van der Waals surface area contributed by atoms with Gasteiger partial charge in [0.15, 0.2) is 0 Å². The van der Waals surface area contributed by atoms with Crippen LogP contribution in [0.25, 0.3) is 11.6 Å². The molecular formula is C21H24BrN5O3. The van der Waals surface area contributed by atoms with Crippen molar-refractivity contribution in [2.24, 2.45) is 0 Å². The van der Waals surface area contributed by atoms with Crippen molar-refractivity contribution in [2.75, 3.05) is 44.7 Å². The van der Waals surface area contributed by atoms with E-state index in [9.17, 15) is 9.59 Å². The molecule has 0 radical (unpaired) electrons. The van der Waals surface area contributed by atoms with Gasteiger partial charge in [-0.1, -0.05) is 0 Å². The normalized spacial score (nSPS) is 17.8. The van der Waals surface area contributed by atoms with E-state index in [1.165, 1.54) is 0 Å². The maximum Gasteiger partial charge on any atom is 0.257 e. The standard InChI is InChI=1S/C21H24BrN5O3/c1-12-17(10-16-15-9-14(22)11-24-19(15)26-20(16)28)25-13(2)18(12)21(29)23-3-4-27-5-7-30-8-6-27/h9-11,25H,3-8H2,1-2H3,(H,23,29)(H,24,26,28)/b16-10-. The zero-order chi connectivity index (χ0) is 21.3. The fraction of sp³-hybridized carbons (Fsp3) is 0.381. The first-order valence-corrected chi connectivity index (χ1v) is 10.7. The van der Waals surface area contributed by atoms with Crippen LogP contribution in [0.15, 0.2) is 16.7 Å². The molecule has 9 heteroatoms. The van der Waals surface area contributed by atoms with Gasteiger partial charge in [-0.25, -0.2) is 4.98 Å². The summed E-state index contributed by atoms with van der Waals surface area (Å²) in [6, 6.07) is 1.86. The molecule has 1 fully saturated rings. The van der Waals surface area contributed by atoms with Crippen LogP contribution in [0.4, 0.5) is 5.82 Å². The van der Waals surface area contributed by atoms with Gasteiger partial charge in [0.1, 0.15) is 5.82 Å². The SMILES string of the molecule is Cc1[nH]c(/C=C2\C(=O)Nc3ncc(Br)cc32)c(C)c1C(=O)NCCN1CCOCC1. The molecule has 4 heterocycles. The van der Waals surface area contributed by atoms with Crippen LogP contribution in [0.5, 0.6) is 0 Å². The summed E-state index contributed by atoms with van der Waals surface area (Å²) >= 11 is 3.40. The summed E-state index contributed by atoms with van der Waals surface area (Å²) in [7, 11) is 0. The highest BCUT2D eigenvalue weighted by molar-refractivity contribution is 9.10. The molecule has 1 saturated heterocycles. The maximum atomic E-state index is 12.8. The van der Waals surface area contributed by atoms with Crippen LogP contribution in [-0.4, -0.2) is 66.1 Å². The molecule has 0 aliphatic carbocycles. The lowest BCUT2D eigenvalue weighted by Gasteiger charge is -2.26. The topological polar surface area (TPSA) is 99.3 Å². The van der Waals surface area contributed by atoms with E-state index in [1.807, 2.05) is 19.9 Å². The smallest absolute Gasteiger partial charge is 0.257 e. The van der Waals surface area contributed by atoms with E-state index in [1.54, 1.807) is 12.3 Å². The molecule has 30 heavy (non-hydrogen) atoms. The van der Waals surface area contributed by atoms with Gasteiger partial charge in [0.05, 0.1) is 24.4 Å². The number of nitrogens with one attached hydrogen (secondary N) is 3. The average Bonchev–Trinajstić information content (AvgIpc) is 3.18. The van der Waals surface area contributed by atoms with Crippen molar-refractivity contribution >= 4 is 45.2 Å². The number of anilines is 1. The van der Waals surface area contributed by atoms with Crippen molar-refractivity contribution in [2.45, 2.75) is 13.8 Å². The fourth-order valence-corrected chi connectivity index (χ4v) is 4.16. The van der Waals surface area contributed by atoms with Gasteiger partial charge >= 0.3 is 0 Å². The van der Waals surface area contributed by atoms with E-state index in [4.69, 9.17) is 4.74 Å². The Hall–Kier alpha value is -2.49. The molecule has 0 aromatic carbocycles. The fourth-order valence-electron chi connectivity index (χ4n) is 3.83. The first-order chi connectivity index (χ1) is 14.4. The minimum Gasteiger partial charge on any atom is -0.379 e. The number of hydrogen-bond acceptors (Lipinski definition) is 5. The third kappa shape index (κ3) is 4.19. The monoisotopic (exact) mass is 473 g/mol. The van der Waals surface area contributed by atoms with Gasteiger partial charge < -0.3 is 20.4 Å². The molecular weight excluding hydrogens is 450 g/mol. The van der Waals surface area contributed by atoms with Crippen LogP contribution in [0.3, 0.4) is 0 Å². The molecule has 8 nitrogen and oxygen atoms in total. The second kappa shape index (κ2) is 8.71. The largest absolute Gasteiger partial charge is 0.379 e. The Labute approximate surface area is 183 Å². The number of carbonyl (C=O) groups excluding carboxylic acids is 2. The molecule has 2 aliphatic heterocycles. The minimum atomic E-state index is -0.209. The van der Waals surface area contributed by atoms with Crippen LogP contribution < -0.4 is 10.6 Å². The van der Waals surface area contributed by atoms with E-state index < -0.39 is 0 Å². The molecule has 3 N–H and O–H groups in total. The zero-order valence-corrected chi connectivity index (χ0v) is 18.6. The van der Waals surface area contributed by atoms with Crippen molar-refractivity contribution in [1.29, 1.82) is 0 Å². The molecule has 2 aliphatic rings. The van der Waals surface area contributed by atoms with Gasteiger partial charge in [-0.2, -0.15) is 0 Å². The van der Waals surface area contributed by atoms with Crippen molar-refractivity contribution < 1.29 is 14.3 Å². The summed E-state index contributed by atoms with van der Waals surface area (Å²) in [5, 5.41) is 5.78. The second-order valence-electron chi connectivity index (χ2n) is 7.44. The lowest BCUT2D eigenvalue weighted by molar-refractivity contribution is -0.110. The van der Waals surface area contributed by atoms with Crippen LogP contribution in [-0.2, 0) is 9.53 Å². The number of H-pyrrole nitrogens is 1. The van der Waals surface area contributed by atoms with E-state index in [0.717, 1.165) is 59.8 Å². The summed E-state index contributed by atoms with van der Waals surface area (Å²) in [6.07, 6.45) is 3.42. The van der Waals surface area contributed by atoms with Crippen molar-refractivity contribution in [3.8, 4) is 0 Å².